The number of nitrogens with one attached hydrogen (secondary N) is 4. The molecule has 2 heterocycles. The predicted octanol–water partition coefficient (Wildman–Crippen LogP) is 10.2. The number of benzene rings is 2. The van der Waals surface area contributed by atoms with Crippen molar-refractivity contribution in [1.82, 2.24) is 30.8 Å². The van der Waals surface area contributed by atoms with Crippen molar-refractivity contribution in [3.8, 4) is 23.3 Å². The Morgan fingerprint density at radius 2 is 1.23 bits per heavy atom. The Morgan fingerprint density at radius 3 is 1.70 bits per heavy atom. The van der Waals surface area contributed by atoms with E-state index in [2.05, 4.69) is 44.6 Å². The fraction of sp³-hybridized carbons (Fsp3) is 0.444. The molecule has 11 nitrogen and oxygen atoms in total. The Bertz CT molecular complexity index is 2100. The first-order valence-electron chi connectivity index (χ1n) is 20.6. The average molecular weight is 898 g/mol. The van der Waals surface area contributed by atoms with Gasteiger partial charge < -0.3 is 25.4 Å². The van der Waals surface area contributed by atoms with Crippen LogP contribution in [0.3, 0.4) is 0 Å². The van der Waals surface area contributed by atoms with Gasteiger partial charge in [0.05, 0.1) is 12.4 Å². The molecular weight excluding hydrogens is 842 g/mol. The normalized spacial score (nSPS) is 18.6. The van der Waals surface area contributed by atoms with Crippen molar-refractivity contribution in [3.63, 3.8) is 0 Å². The Kier molecular flexibility index (Phi) is 18.5. The number of pyridine rings is 2. The highest BCUT2D eigenvalue weighted by Gasteiger charge is 2.27. The van der Waals surface area contributed by atoms with E-state index in [-0.39, 0.29) is 58.9 Å². The number of rotatable bonds is 15. The number of aromatic nitrogens is 2. The first-order chi connectivity index (χ1) is 29.3. The maximum atomic E-state index is 13.9. The molecule has 2 fully saturated rings. The largest absolute Gasteiger partial charge is 0.438 e. The molecule has 0 radical (unpaired) electrons. The molecular formula is C45H55ClF2N6O5S2. The van der Waals surface area contributed by atoms with Crippen LogP contribution in [0.25, 0.3) is 0 Å². The number of aryl methyl sites for hydroxylation is 1. The van der Waals surface area contributed by atoms with E-state index >= 15 is 0 Å². The Labute approximate surface area is 370 Å². The molecule has 0 spiro atoms. The molecule has 0 aliphatic heterocycles. The summed E-state index contributed by atoms with van der Waals surface area (Å²) in [5, 5.41) is 9.05. The van der Waals surface area contributed by atoms with Gasteiger partial charge in [-0.3, -0.25) is 14.4 Å². The fourth-order valence-electron chi connectivity index (χ4n) is 7.12. The lowest BCUT2D eigenvalue weighted by molar-refractivity contribution is -0.122. The van der Waals surface area contributed by atoms with Gasteiger partial charge in [0.1, 0.15) is 34.3 Å². The molecule has 2 saturated carbocycles. The van der Waals surface area contributed by atoms with Crippen LogP contribution >= 0.6 is 35.3 Å². The van der Waals surface area contributed by atoms with Gasteiger partial charge in [-0.2, -0.15) is 0 Å². The van der Waals surface area contributed by atoms with Crippen LogP contribution in [-0.4, -0.2) is 64.4 Å². The maximum absolute atomic E-state index is 13.9. The minimum absolute atomic E-state index is 0.0229. The summed E-state index contributed by atoms with van der Waals surface area (Å²) in [6, 6.07) is 15.7. The molecule has 2 aromatic heterocycles. The van der Waals surface area contributed by atoms with E-state index in [9.17, 15) is 23.2 Å². The van der Waals surface area contributed by atoms with Crippen LogP contribution < -0.4 is 30.3 Å². The average Bonchev–Trinajstić information content (AvgIpc) is 3.25. The molecule has 2 aliphatic carbocycles. The Morgan fingerprint density at radius 1 is 0.721 bits per heavy atom. The van der Waals surface area contributed by atoms with Crippen LogP contribution in [0.5, 0.6) is 23.3 Å². The standard InChI is InChI=1S/C26H34FN3O3S.C19H21ClFN3O2S/c1-16(2)5-12-24(31)29-19-6-8-20(9-7-19)30-25(32)22-14-18(27)15-28-26(22)33-21-10-11-23(34-4)17(3)13-21;1-27-16-4-2-3-15(10-16)26-19-17(9-12(21)11-22-19)18(25)23-13-5-7-14(24-20)8-6-13/h10-11,13-16,19-20H,5-9,12H2,1-4H3,(H,29,31)(H,30,32);2-4,9-11,13-14,24H,5-8H2,1H3,(H,23,25). The van der Waals surface area contributed by atoms with Gasteiger partial charge in [-0.1, -0.05) is 19.9 Å². The third-order valence-corrected chi connectivity index (χ3v) is 12.5. The van der Waals surface area contributed by atoms with Crippen LogP contribution in [0, 0.1) is 24.5 Å². The number of carbonyl (C=O) groups excluding carboxylic acids is 3. The summed E-state index contributed by atoms with van der Waals surface area (Å²) in [5.41, 5.74) is 1.20. The summed E-state index contributed by atoms with van der Waals surface area (Å²) in [5.74, 6) is -0.148. The van der Waals surface area contributed by atoms with Gasteiger partial charge in [-0.25, -0.2) is 23.6 Å². The minimum atomic E-state index is -0.598. The van der Waals surface area contributed by atoms with E-state index in [1.165, 1.54) is 0 Å². The number of ether oxygens (including phenoxy) is 2. The zero-order chi connectivity index (χ0) is 43.9. The van der Waals surface area contributed by atoms with Gasteiger partial charge in [-0.15, -0.1) is 23.5 Å². The second-order valence-corrected chi connectivity index (χ2v) is 17.6. The maximum Gasteiger partial charge on any atom is 0.257 e. The van der Waals surface area contributed by atoms with Crippen molar-refractivity contribution >= 4 is 53.0 Å². The van der Waals surface area contributed by atoms with Gasteiger partial charge in [0.2, 0.25) is 17.7 Å². The molecule has 4 N–H and O–H groups in total. The summed E-state index contributed by atoms with van der Waals surface area (Å²) in [7, 11) is 0. The van der Waals surface area contributed by atoms with Crippen LogP contribution in [0.2, 0.25) is 0 Å². The lowest BCUT2D eigenvalue weighted by atomic mass is 9.90. The highest BCUT2D eigenvalue weighted by Crippen LogP contribution is 2.30. The third kappa shape index (κ3) is 14.9. The molecule has 0 saturated heterocycles. The first kappa shape index (κ1) is 47.6. The summed E-state index contributed by atoms with van der Waals surface area (Å²) >= 11 is 8.88. The highest BCUT2D eigenvalue weighted by atomic mass is 35.5. The van der Waals surface area contributed by atoms with Gasteiger partial charge in [0.15, 0.2) is 0 Å². The van der Waals surface area contributed by atoms with E-state index in [4.69, 9.17) is 21.3 Å². The number of hydrogen-bond donors (Lipinski definition) is 4. The van der Waals surface area contributed by atoms with Crippen molar-refractivity contribution in [2.75, 3.05) is 12.5 Å². The number of nitrogens with zero attached hydrogens (tertiary/aromatic N) is 2. The lowest BCUT2D eigenvalue weighted by Gasteiger charge is -2.30. The zero-order valence-electron chi connectivity index (χ0n) is 35.2. The molecule has 0 atom stereocenters. The first-order valence-corrected chi connectivity index (χ1v) is 23.4. The molecule has 0 unspecified atom stereocenters. The van der Waals surface area contributed by atoms with Gasteiger partial charge in [0, 0.05) is 40.4 Å². The van der Waals surface area contributed by atoms with Crippen molar-refractivity contribution < 1.29 is 32.6 Å². The van der Waals surface area contributed by atoms with Crippen molar-refractivity contribution in [2.45, 2.75) is 119 Å². The van der Waals surface area contributed by atoms with E-state index in [0.29, 0.717) is 23.8 Å². The van der Waals surface area contributed by atoms with Crippen molar-refractivity contribution in [1.29, 1.82) is 0 Å². The van der Waals surface area contributed by atoms with Gasteiger partial charge >= 0.3 is 0 Å². The predicted molar refractivity (Wildman–Crippen MR) is 238 cm³/mol. The van der Waals surface area contributed by atoms with Crippen LogP contribution in [0.4, 0.5) is 8.78 Å². The summed E-state index contributed by atoms with van der Waals surface area (Å²) in [6.07, 6.45) is 13.9. The van der Waals surface area contributed by atoms with Gasteiger partial charge in [0.25, 0.3) is 11.8 Å². The molecule has 16 heteroatoms. The van der Waals surface area contributed by atoms with Crippen molar-refractivity contribution in [3.05, 3.63) is 95.3 Å². The minimum Gasteiger partial charge on any atom is -0.438 e. The number of amides is 3. The van der Waals surface area contributed by atoms with Crippen LogP contribution in [0.1, 0.15) is 104 Å². The molecule has 4 aromatic rings. The van der Waals surface area contributed by atoms with Crippen LogP contribution in [0.15, 0.2) is 76.8 Å². The molecule has 6 rings (SSSR count). The third-order valence-electron chi connectivity index (χ3n) is 10.6. The summed E-state index contributed by atoms with van der Waals surface area (Å²) in [4.78, 5) is 50.7. The Hall–Kier alpha value is -4.44. The van der Waals surface area contributed by atoms with E-state index < -0.39 is 17.5 Å². The van der Waals surface area contributed by atoms with E-state index in [1.54, 1.807) is 29.6 Å². The molecule has 2 aromatic carbocycles. The molecule has 61 heavy (non-hydrogen) atoms. The quantitative estimate of drug-likeness (QED) is 0.0673. The van der Waals surface area contributed by atoms with E-state index in [0.717, 1.165) is 97.7 Å². The summed E-state index contributed by atoms with van der Waals surface area (Å²) in [6.45, 7) is 6.19. The number of hydrogen-bond acceptors (Lipinski definition) is 10. The topological polar surface area (TPSA) is 144 Å². The molecule has 2 aliphatic rings. The Balaban J connectivity index is 0.000000237. The second-order valence-electron chi connectivity index (χ2n) is 15.7. The number of carbonyl (C=O) groups is 3. The molecule has 328 valence electrons. The SMILES string of the molecule is CSc1ccc(Oc2ncc(F)cc2C(=O)NC2CCC(NC(=O)CCC(C)C)CC2)cc1C.CSc1cccc(Oc2ncc(F)cc2C(=O)NC2CCC(NCl)CC2)c1. The highest BCUT2D eigenvalue weighted by molar-refractivity contribution is 7.98. The smallest absolute Gasteiger partial charge is 0.257 e. The fourth-order valence-corrected chi connectivity index (χ4v) is 8.37. The monoisotopic (exact) mass is 896 g/mol. The lowest BCUT2D eigenvalue weighted by Crippen LogP contribution is -2.43. The second kappa shape index (κ2) is 23.7. The van der Waals surface area contributed by atoms with Gasteiger partial charge in [-0.05, 0) is 149 Å². The number of halogens is 3. The van der Waals surface area contributed by atoms with E-state index in [1.807, 2.05) is 55.8 Å². The van der Waals surface area contributed by atoms with Crippen molar-refractivity contribution in [2.24, 2.45) is 5.92 Å². The molecule has 0 bridgehead atoms. The zero-order valence-corrected chi connectivity index (χ0v) is 37.6. The summed E-state index contributed by atoms with van der Waals surface area (Å²) < 4.78 is 39.3. The van der Waals surface area contributed by atoms with Crippen LogP contribution in [-0.2, 0) is 4.79 Å². The number of thioether (sulfide) groups is 2. The molecule has 3 amide bonds.